The maximum atomic E-state index is 5.81. The summed E-state index contributed by atoms with van der Waals surface area (Å²) >= 11 is 3.50. The van der Waals surface area contributed by atoms with Gasteiger partial charge in [-0.1, -0.05) is 19.9 Å². The van der Waals surface area contributed by atoms with Crippen LogP contribution < -0.4 is 10.5 Å². The van der Waals surface area contributed by atoms with Gasteiger partial charge in [-0.3, -0.25) is 0 Å². The molecule has 0 aliphatic carbocycles. The minimum Gasteiger partial charge on any atom is -0.492 e. The molecule has 2 N–H and O–H groups in total. The van der Waals surface area contributed by atoms with E-state index >= 15 is 0 Å². The van der Waals surface area contributed by atoms with E-state index in [-0.39, 0.29) is 6.04 Å². The van der Waals surface area contributed by atoms with Crippen LogP contribution >= 0.6 is 15.9 Å². The van der Waals surface area contributed by atoms with E-state index in [2.05, 4.69) is 29.8 Å². The highest BCUT2D eigenvalue weighted by Gasteiger charge is 2.05. The molecular weight excluding hydrogens is 266 g/mol. The Hall–Kier alpha value is -0.540. The Morgan fingerprint density at radius 2 is 2.00 bits per heavy atom. The molecular formula is C13H20BrNO. The molecule has 0 heterocycles. The number of nitrogens with two attached hydrogens (primary N) is 1. The van der Waals surface area contributed by atoms with E-state index in [4.69, 9.17) is 10.5 Å². The molecule has 0 radical (unpaired) electrons. The molecule has 0 saturated carbocycles. The molecule has 1 aromatic rings. The van der Waals surface area contributed by atoms with Crippen LogP contribution in [0, 0.1) is 5.92 Å². The molecule has 0 bridgehead atoms. The summed E-state index contributed by atoms with van der Waals surface area (Å²) in [6.07, 6.45) is 1.07. The van der Waals surface area contributed by atoms with E-state index in [1.807, 2.05) is 25.1 Å². The van der Waals surface area contributed by atoms with Crippen molar-refractivity contribution >= 4 is 15.9 Å². The minimum atomic E-state index is 0.0565. The van der Waals surface area contributed by atoms with E-state index in [9.17, 15) is 0 Å². The molecule has 3 heteroatoms. The number of hydrogen-bond acceptors (Lipinski definition) is 2. The van der Waals surface area contributed by atoms with Crippen LogP contribution in [-0.4, -0.2) is 6.61 Å². The predicted molar refractivity (Wildman–Crippen MR) is 71.7 cm³/mol. The molecule has 16 heavy (non-hydrogen) atoms. The summed E-state index contributed by atoms with van der Waals surface area (Å²) in [7, 11) is 0. The van der Waals surface area contributed by atoms with Crippen LogP contribution in [0.3, 0.4) is 0 Å². The zero-order valence-corrected chi connectivity index (χ0v) is 11.8. The summed E-state index contributed by atoms with van der Waals surface area (Å²) < 4.78 is 6.67. The van der Waals surface area contributed by atoms with E-state index in [0.717, 1.165) is 28.8 Å². The average Bonchev–Trinajstić information content (AvgIpc) is 2.19. The quantitative estimate of drug-likeness (QED) is 0.891. The van der Waals surface area contributed by atoms with Crippen molar-refractivity contribution in [1.29, 1.82) is 0 Å². The lowest BCUT2D eigenvalue weighted by Crippen LogP contribution is -2.06. The van der Waals surface area contributed by atoms with Gasteiger partial charge in [0.15, 0.2) is 0 Å². The number of benzene rings is 1. The lowest BCUT2D eigenvalue weighted by atomic mass is 10.1. The van der Waals surface area contributed by atoms with Crippen molar-refractivity contribution < 1.29 is 4.74 Å². The highest BCUT2D eigenvalue weighted by molar-refractivity contribution is 9.10. The van der Waals surface area contributed by atoms with Crippen molar-refractivity contribution in [3.8, 4) is 5.75 Å². The van der Waals surface area contributed by atoms with E-state index in [1.54, 1.807) is 0 Å². The van der Waals surface area contributed by atoms with Crippen LogP contribution in [0.5, 0.6) is 5.75 Å². The van der Waals surface area contributed by atoms with Gasteiger partial charge in [-0.05, 0) is 52.9 Å². The van der Waals surface area contributed by atoms with Gasteiger partial charge in [-0.15, -0.1) is 0 Å². The van der Waals surface area contributed by atoms with Crippen LogP contribution in [0.2, 0.25) is 0 Å². The first-order chi connectivity index (χ1) is 7.50. The van der Waals surface area contributed by atoms with Crippen molar-refractivity contribution in [3.05, 3.63) is 28.2 Å². The van der Waals surface area contributed by atoms with Crippen molar-refractivity contribution in [3.63, 3.8) is 0 Å². The summed E-state index contributed by atoms with van der Waals surface area (Å²) in [4.78, 5) is 0. The third kappa shape index (κ3) is 4.14. The van der Waals surface area contributed by atoms with E-state index < -0.39 is 0 Å². The van der Waals surface area contributed by atoms with Crippen molar-refractivity contribution in [2.75, 3.05) is 6.61 Å². The molecule has 0 aliphatic heterocycles. The Kier molecular flexibility index (Phi) is 5.29. The Bertz CT molecular complexity index is 337. The minimum absolute atomic E-state index is 0.0565. The molecule has 1 rings (SSSR count). The van der Waals surface area contributed by atoms with E-state index in [1.165, 1.54) is 0 Å². The molecule has 0 aliphatic rings. The summed E-state index contributed by atoms with van der Waals surface area (Å²) in [6.45, 7) is 7.12. The highest BCUT2D eigenvalue weighted by atomic mass is 79.9. The molecule has 1 atom stereocenters. The first kappa shape index (κ1) is 13.5. The topological polar surface area (TPSA) is 35.2 Å². The standard InChI is InChI=1S/C13H20BrNO/c1-9(2)6-7-16-13-5-4-11(10(3)15)8-12(13)14/h4-5,8-10H,6-7,15H2,1-3H3/t10-/m1/s1. The summed E-state index contributed by atoms with van der Waals surface area (Å²) in [5, 5.41) is 0. The van der Waals surface area contributed by atoms with Gasteiger partial charge in [-0.2, -0.15) is 0 Å². The number of hydrogen-bond donors (Lipinski definition) is 1. The van der Waals surface area contributed by atoms with Crippen LogP contribution in [0.1, 0.15) is 38.8 Å². The van der Waals surface area contributed by atoms with Crippen molar-refractivity contribution in [2.24, 2.45) is 11.7 Å². The van der Waals surface area contributed by atoms with Gasteiger partial charge in [0.1, 0.15) is 5.75 Å². The monoisotopic (exact) mass is 285 g/mol. The number of ether oxygens (including phenoxy) is 1. The molecule has 0 amide bonds. The highest BCUT2D eigenvalue weighted by Crippen LogP contribution is 2.28. The second kappa shape index (κ2) is 6.26. The third-order valence-corrected chi connectivity index (χ3v) is 3.05. The summed E-state index contributed by atoms with van der Waals surface area (Å²) in [5.41, 5.74) is 6.92. The Morgan fingerprint density at radius 3 is 2.50 bits per heavy atom. The molecule has 0 unspecified atom stereocenters. The van der Waals surface area contributed by atoms with Gasteiger partial charge in [-0.25, -0.2) is 0 Å². The molecule has 1 aromatic carbocycles. The lowest BCUT2D eigenvalue weighted by molar-refractivity contribution is 0.288. The van der Waals surface area contributed by atoms with Gasteiger partial charge in [0.25, 0.3) is 0 Å². The second-order valence-corrected chi connectivity index (χ2v) is 5.36. The van der Waals surface area contributed by atoms with Crippen LogP contribution in [0.25, 0.3) is 0 Å². The first-order valence-electron chi connectivity index (χ1n) is 5.68. The SMILES string of the molecule is CC(C)CCOc1ccc([C@@H](C)N)cc1Br. The summed E-state index contributed by atoms with van der Waals surface area (Å²) in [5.74, 6) is 1.56. The number of halogens is 1. The third-order valence-electron chi connectivity index (χ3n) is 2.43. The maximum absolute atomic E-state index is 5.81. The molecule has 0 fully saturated rings. The fraction of sp³-hybridized carbons (Fsp3) is 0.538. The molecule has 2 nitrogen and oxygen atoms in total. The van der Waals surface area contributed by atoms with Crippen LogP contribution in [-0.2, 0) is 0 Å². The van der Waals surface area contributed by atoms with Crippen molar-refractivity contribution in [1.82, 2.24) is 0 Å². The largest absolute Gasteiger partial charge is 0.492 e. The fourth-order valence-electron chi connectivity index (χ4n) is 1.32. The maximum Gasteiger partial charge on any atom is 0.133 e. The predicted octanol–water partition coefficient (Wildman–Crippen LogP) is 3.89. The fourth-order valence-corrected chi connectivity index (χ4v) is 1.83. The van der Waals surface area contributed by atoms with Crippen LogP contribution in [0.4, 0.5) is 0 Å². The molecule has 90 valence electrons. The molecule has 0 saturated heterocycles. The number of rotatable bonds is 5. The van der Waals surface area contributed by atoms with Gasteiger partial charge in [0.2, 0.25) is 0 Å². The Morgan fingerprint density at radius 1 is 1.31 bits per heavy atom. The average molecular weight is 286 g/mol. The Labute approximate surface area is 106 Å². The second-order valence-electron chi connectivity index (χ2n) is 4.51. The zero-order valence-electron chi connectivity index (χ0n) is 10.2. The zero-order chi connectivity index (χ0) is 12.1. The van der Waals surface area contributed by atoms with Gasteiger partial charge >= 0.3 is 0 Å². The smallest absolute Gasteiger partial charge is 0.133 e. The van der Waals surface area contributed by atoms with E-state index in [0.29, 0.717) is 5.92 Å². The molecule has 0 aromatic heterocycles. The summed E-state index contributed by atoms with van der Waals surface area (Å²) in [6, 6.07) is 6.07. The normalized spacial score (nSPS) is 12.9. The van der Waals surface area contributed by atoms with Gasteiger partial charge < -0.3 is 10.5 Å². The van der Waals surface area contributed by atoms with Crippen LogP contribution in [0.15, 0.2) is 22.7 Å². The molecule has 0 spiro atoms. The lowest BCUT2D eigenvalue weighted by Gasteiger charge is -2.12. The van der Waals surface area contributed by atoms with Gasteiger partial charge in [0.05, 0.1) is 11.1 Å². The first-order valence-corrected chi connectivity index (χ1v) is 6.48. The Balaban J connectivity index is 2.61. The van der Waals surface area contributed by atoms with Crippen molar-refractivity contribution in [2.45, 2.75) is 33.2 Å². The van der Waals surface area contributed by atoms with Gasteiger partial charge in [0, 0.05) is 6.04 Å².